The van der Waals surface area contributed by atoms with Gasteiger partial charge >= 0.3 is 0 Å². The van der Waals surface area contributed by atoms with Gasteiger partial charge in [-0.1, -0.05) is 18.6 Å². The molecule has 0 aromatic rings. The van der Waals surface area contributed by atoms with Crippen LogP contribution in [0.4, 0.5) is 4.39 Å². The van der Waals surface area contributed by atoms with Crippen LogP contribution in [-0.4, -0.2) is 51.8 Å². The van der Waals surface area contributed by atoms with E-state index in [9.17, 15) is 14.7 Å². The first-order valence-electron chi connectivity index (χ1n) is 11.1. The lowest BCUT2D eigenvalue weighted by Crippen LogP contribution is -2.69. The topological polar surface area (TPSA) is 72.8 Å². The van der Waals surface area contributed by atoms with Crippen LogP contribution in [0.1, 0.15) is 53.4 Å². The minimum Gasteiger partial charge on any atom is -0.390 e. The molecule has 4 fully saturated rings. The molecule has 1 saturated heterocycles. The summed E-state index contributed by atoms with van der Waals surface area (Å²) < 4.78 is 29.7. The molecule has 8 atom stereocenters. The number of fused-ring (bicyclic) bond motifs is 7. The highest BCUT2D eigenvalue weighted by atomic mass is 35.5. The van der Waals surface area contributed by atoms with E-state index in [4.69, 9.17) is 21.1 Å². The fraction of sp³-hybridized carbons (Fsp3) is 0.750. The highest BCUT2D eigenvalue weighted by molar-refractivity contribution is 6.29. The van der Waals surface area contributed by atoms with Crippen molar-refractivity contribution in [2.45, 2.75) is 82.6 Å². The molecule has 7 heteroatoms. The fourth-order valence-corrected chi connectivity index (χ4v) is 8.11. The molecule has 0 amide bonds. The molecule has 3 saturated carbocycles. The van der Waals surface area contributed by atoms with E-state index in [1.807, 2.05) is 6.92 Å². The Morgan fingerprint density at radius 3 is 2.68 bits per heavy atom. The summed E-state index contributed by atoms with van der Waals surface area (Å²) in [6.07, 6.45) is 4.32. The molecule has 0 radical (unpaired) electrons. The number of ether oxygens (including phenoxy) is 2. The lowest BCUT2D eigenvalue weighted by molar-refractivity contribution is -0.245. The molecule has 4 unspecified atom stereocenters. The molecule has 1 aliphatic heterocycles. The van der Waals surface area contributed by atoms with Gasteiger partial charge in [-0.25, -0.2) is 4.39 Å². The van der Waals surface area contributed by atoms with Crippen molar-refractivity contribution in [3.8, 4) is 0 Å². The second kappa shape index (κ2) is 6.28. The van der Waals surface area contributed by atoms with Crippen LogP contribution >= 0.6 is 11.6 Å². The van der Waals surface area contributed by atoms with E-state index < -0.39 is 46.0 Å². The Balaban J connectivity index is 1.64. The zero-order valence-corrected chi connectivity index (χ0v) is 19.2. The van der Waals surface area contributed by atoms with Gasteiger partial charge in [0.1, 0.15) is 0 Å². The van der Waals surface area contributed by atoms with E-state index in [-0.39, 0.29) is 29.8 Å². The highest BCUT2D eigenvalue weighted by Gasteiger charge is 2.79. The number of allylic oxidation sites excluding steroid dienone is 4. The van der Waals surface area contributed by atoms with Gasteiger partial charge in [0.25, 0.3) is 0 Å². The number of hydrogen-bond donors (Lipinski definition) is 1. The van der Waals surface area contributed by atoms with E-state index in [1.54, 1.807) is 26.8 Å². The Morgan fingerprint density at radius 2 is 2.00 bits per heavy atom. The molecule has 0 aromatic heterocycles. The summed E-state index contributed by atoms with van der Waals surface area (Å²) >= 11 is 6.04. The summed E-state index contributed by atoms with van der Waals surface area (Å²) in [5.74, 6) is -2.32. The van der Waals surface area contributed by atoms with Crippen molar-refractivity contribution in [1.29, 1.82) is 0 Å². The number of halogens is 2. The third-order valence-corrected chi connectivity index (χ3v) is 9.41. The monoisotopic (exact) mass is 452 g/mol. The number of aliphatic hydroxyl groups excluding tert-OH is 1. The Labute approximate surface area is 187 Å². The van der Waals surface area contributed by atoms with Crippen LogP contribution in [0.15, 0.2) is 23.8 Å². The van der Waals surface area contributed by atoms with Crippen molar-refractivity contribution in [3.05, 3.63) is 23.8 Å². The first kappa shape index (κ1) is 21.7. The molecule has 5 nitrogen and oxygen atoms in total. The van der Waals surface area contributed by atoms with Crippen molar-refractivity contribution in [2.24, 2.45) is 22.7 Å². The summed E-state index contributed by atoms with van der Waals surface area (Å²) in [5.41, 5.74) is -4.39. The molecule has 0 spiro atoms. The Bertz CT molecular complexity index is 929. The molecular weight excluding hydrogens is 423 g/mol. The molecular formula is C24H30ClFO5. The van der Waals surface area contributed by atoms with Crippen LogP contribution in [0.5, 0.6) is 0 Å². The van der Waals surface area contributed by atoms with E-state index in [1.165, 1.54) is 12.2 Å². The predicted molar refractivity (Wildman–Crippen MR) is 112 cm³/mol. The lowest BCUT2D eigenvalue weighted by Gasteiger charge is -2.62. The zero-order chi connectivity index (χ0) is 22.6. The summed E-state index contributed by atoms with van der Waals surface area (Å²) in [6.45, 7) is 7.26. The van der Waals surface area contributed by atoms with Crippen molar-refractivity contribution in [2.75, 3.05) is 5.88 Å². The standard InChI is InChI=1S/C24H30ClFO5/c1-20(2)30-19-10-16-15-6-5-13-9-14(27)7-8-21(13,3)23(15,26)17(28)11-22(16,4)24(19,31-20)18(29)12-25/h7-9,15-17,19,28H,5-6,10-12H2,1-4H3/t15?,16?,17-,19+,21?,22?,23-,24+/m0/s1. The van der Waals surface area contributed by atoms with Gasteiger partial charge in [0.05, 0.1) is 18.1 Å². The van der Waals surface area contributed by atoms with Gasteiger partial charge < -0.3 is 14.6 Å². The van der Waals surface area contributed by atoms with E-state index >= 15 is 4.39 Å². The van der Waals surface area contributed by atoms with Gasteiger partial charge in [0.2, 0.25) is 0 Å². The summed E-state index contributed by atoms with van der Waals surface area (Å²) in [6, 6.07) is 0. The maximum atomic E-state index is 17.2. The molecule has 1 heterocycles. The summed E-state index contributed by atoms with van der Waals surface area (Å²) in [4.78, 5) is 25.2. The molecule has 31 heavy (non-hydrogen) atoms. The zero-order valence-electron chi connectivity index (χ0n) is 18.4. The maximum absolute atomic E-state index is 17.2. The van der Waals surface area contributed by atoms with Crippen molar-refractivity contribution >= 4 is 23.2 Å². The molecule has 4 aliphatic carbocycles. The van der Waals surface area contributed by atoms with Crippen LogP contribution in [0, 0.1) is 22.7 Å². The smallest absolute Gasteiger partial charge is 0.182 e. The molecule has 5 aliphatic rings. The predicted octanol–water partition coefficient (Wildman–Crippen LogP) is 3.67. The Kier molecular flexibility index (Phi) is 4.41. The first-order valence-corrected chi connectivity index (χ1v) is 11.7. The highest BCUT2D eigenvalue weighted by Crippen LogP contribution is 2.72. The summed E-state index contributed by atoms with van der Waals surface area (Å²) in [5, 5.41) is 11.4. The Morgan fingerprint density at radius 1 is 1.29 bits per heavy atom. The van der Waals surface area contributed by atoms with E-state index in [0.29, 0.717) is 19.3 Å². The van der Waals surface area contributed by atoms with Crippen molar-refractivity contribution < 1.29 is 28.6 Å². The third-order valence-electron chi connectivity index (χ3n) is 9.17. The largest absolute Gasteiger partial charge is 0.390 e. The SMILES string of the molecule is CC1(C)O[C@@H]2CC3C4CCC5=CC(=O)C=CC5(C)[C@@]4(F)[C@@H](O)CC3(C)[C@]2(C(=O)CCl)O1. The summed E-state index contributed by atoms with van der Waals surface area (Å²) in [7, 11) is 0. The third kappa shape index (κ3) is 2.38. The normalized spacial score (nSPS) is 52.1. The number of aliphatic hydroxyl groups is 1. The number of carbonyl (C=O) groups is 2. The van der Waals surface area contributed by atoms with Gasteiger partial charge in [-0.05, 0) is 64.5 Å². The van der Waals surface area contributed by atoms with Crippen molar-refractivity contribution in [1.82, 2.24) is 0 Å². The molecule has 1 N–H and O–H groups in total. The average molecular weight is 453 g/mol. The average Bonchev–Trinajstić information content (AvgIpc) is 3.09. The van der Waals surface area contributed by atoms with Gasteiger partial charge in [0, 0.05) is 16.7 Å². The Hall–Kier alpha value is -1.08. The van der Waals surface area contributed by atoms with Gasteiger partial charge in [-0.15, -0.1) is 11.6 Å². The van der Waals surface area contributed by atoms with E-state index in [2.05, 4.69) is 0 Å². The number of ketones is 2. The number of hydrogen-bond acceptors (Lipinski definition) is 5. The van der Waals surface area contributed by atoms with E-state index in [0.717, 1.165) is 5.57 Å². The number of alkyl halides is 2. The second-order valence-electron chi connectivity index (χ2n) is 10.9. The maximum Gasteiger partial charge on any atom is 0.182 e. The molecule has 170 valence electrons. The lowest BCUT2D eigenvalue weighted by atomic mass is 9.44. The van der Waals surface area contributed by atoms with Crippen LogP contribution in [0.25, 0.3) is 0 Å². The van der Waals surface area contributed by atoms with Gasteiger partial charge in [0.15, 0.2) is 28.6 Å². The minimum atomic E-state index is -1.95. The molecule has 5 rings (SSSR count). The number of carbonyl (C=O) groups excluding carboxylic acids is 2. The van der Waals surface area contributed by atoms with Crippen LogP contribution < -0.4 is 0 Å². The van der Waals surface area contributed by atoms with Gasteiger partial charge in [-0.3, -0.25) is 9.59 Å². The van der Waals surface area contributed by atoms with Crippen molar-refractivity contribution in [3.63, 3.8) is 0 Å². The molecule has 0 aromatic carbocycles. The van der Waals surface area contributed by atoms with Gasteiger partial charge in [-0.2, -0.15) is 0 Å². The minimum absolute atomic E-state index is 0.0634. The molecule has 0 bridgehead atoms. The quantitative estimate of drug-likeness (QED) is 0.647. The first-order chi connectivity index (χ1) is 14.4. The van der Waals surface area contributed by atoms with Crippen LogP contribution in [0.2, 0.25) is 0 Å². The fourth-order valence-electron chi connectivity index (χ4n) is 7.91. The number of rotatable bonds is 2. The van der Waals surface area contributed by atoms with Crippen LogP contribution in [-0.2, 0) is 19.1 Å². The number of Topliss-reactive ketones (excluding diaryl/α,β-unsaturated/α-hetero) is 1. The van der Waals surface area contributed by atoms with Crippen LogP contribution in [0.3, 0.4) is 0 Å². The second-order valence-corrected chi connectivity index (χ2v) is 11.2.